The fourth-order valence-electron chi connectivity index (χ4n) is 2.80. The van der Waals surface area contributed by atoms with Gasteiger partial charge < -0.3 is 9.47 Å². The molecule has 1 saturated heterocycles. The quantitative estimate of drug-likeness (QED) is 0.855. The van der Waals surface area contributed by atoms with Gasteiger partial charge in [-0.1, -0.05) is 0 Å². The van der Waals surface area contributed by atoms with Crippen molar-refractivity contribution in [1.29, 1.82) is 5.26 Å². The summed E-state index contributed by atoms with van der Waals surface area (Å²) in [6.07, 6.45) is 8.58. The number of rotatable bonds is 3. The van der Waals surface area contributed by atoms with Gasteiger partial charge in [-0.05, 0) is 12.8 Å². The fraction of sp³-hybridized carbons (Fsp3) is 0.400. The molecule has 1 aliphatic rings. The van der Waals surface area contributed by atoms with Crippen molar-refractivity contribution in [2.75, 3.05) is 6.54 Å². The number of nitrogens with zero attached hydrogens (tertiary/aromatic N) is 6. The van der Waals surface area contributed by atoms with Crippen LogP contribution in [0.25, 0.3) is 11.5 Å². The molecule has 1 atom stereocenters. The highest BCUT2D eigenvalue weighted by Gasteiger charge is 2.31. The minimum Gasteiger partial charge on any atom is -0.333 e. The normalized spacial score (nSPS) is 17.5. The second kappa shape index (κ2) is 5.93. The first-order valence-electron chi connectivity index (χ1n) is 7.16. The molecule has 3 heterocycles. The van der Waals surface area contributed by atoms with E-state index in [4.69, 9.17) is 5.26 Å². The molecule has 2 aromatic heterocycles. The molecule has 2 aromatic rings. The predicted molar refractivity (Wildman–Crippen MR) is 78.2 cm³/mol. The van der Waals surface area contributed by atoms with E-state index in [9.17, 15) is 4.79 Å². The number of imidazole rings is 1. The number of amides is 1. The molecule has 112 valence electrons. The highest BCUT2D eigenvalue weighted by molar-refractivity contribution is 5.79. The predicted octanol–water partition coefficient (Wildman–Crippen LogP) is 1.45. The molecular formula is C15H16N6O. The van der Waals surface area contributed by atoms with Crippen LogP contribution in [0.4, 0.5) is 0 Å². The molecule has 0 aliphatic carbocycles. The van der Waals surface area contributed by atoms with Gasteiger partial charge in [0.05, 0.1) is 30.2 Å². The molecule has 1 aliphatic heterocycles. The number of hydrogen-bond donors (Lipinski definition) is 0. The Bertz CT molecular complexity index is 732. The van der Waals surface area contributed by atoms with Crippen molar-refractivity contribution >= 4 is 5.91 Å². The van der Waals surface area contributed by atoms with E-state index in [0.717, 1.165) is 24.4 Å². The summed E-state index contributed by atoms with van der Waals surface area (Å²) in [5.74, 6) is 0.594. The molecule has 7 heteroatoms. The van der Waals surface area contributed by atoms with Crippen LogP contribution >= 0.6 is 0 Å². The van der Waals surface area contributed by atoms with Crippen molar-refractivity contribution in [1.82, 2.24) is 24.4 Å². The molecule has 1 unspecified atom stereocenters. The summed E-state index contributed by atoms with van der Waals surface area (Å²) in [5.41, 5.74) is 1.44. The van der Waals surface area contributed by atoms with Crippen molar-refractivity contribution < 1.29 is 4.79 Å². The van der Waals surface area contributed by atoms with Gasteiger partial charge >= 0.3 is 0 Å². The Morgan fingerprint density at radius 3 is 3.09 bits per heavy atom. The Hall–Kier alpha value is -2.75. The summed E-state index contributed by atoms with van der Waals surface area (Å²) in [4.78, 5) is 26.9. The number of carbonyl (C=O) groups excluding carboxylic acids is 1. The van der Waals surface area contributed by atoms with Gasteiger partial charge in [0.15, 0.2) is 5.82 Å². The highest BCUT2D eigenvalue weighted by atomic mass is 16.2. The molecule has 1 amide bonds. The monoisotopic (exact) mass is 296 g/mol. The molecule has 0 saturated carbocycles. The smallest absolute Gasteiger partial charge is 0.237 e. The van der Waals surface area contributed by atoms with Crippen LogP contribution in [-0.2, 0) is 11.8 Å². The average molecular weight is 296 g/mol. The summed E-state index contributed by atoms with van der Waals surface area (Å²) in [6, 6.07) is 1.81. The second-order valence-electron chi connectivity index (χ2n) is 5.27. The van der Waals surface area contributed by atoms with E-state index in [1.54, 1.807) is 23.5 Å². The van der Waals surface area contributed by atoms with Crippen LogP contribution in [0.5, 0.6) is 0 Å². The zero-order valence-electron chi connectivity index (χ0n) is 12.3. The van der Waals surface area contributed by atoms with E-state index in [1.165, 1.54) is 0 Å². The maximum Gasteiger partial charge on any atom is 0.237 e. The van der Waals surface area contributed by atoms with Crippen LogP contribution in [0.15, 0.2) is 24.8 Å². The lowest BCUT2D eigenvalue weighted by molar-refractivity contribution is -0.131. The van der Waals surface area contributed by atoms with Crippen molar-refractivity contribution in [3.05, 3.63) is 30.5 Å². The number of aryl methyl sites for hydroxylation is 1. The lowest BCUT2D eigenvalue weighted by atomic mass is 10.1. The number of hydrogen-bond acceptors (Lipinski definition) is 5. The molecule has 3 rings (SSSR count). The van der Waals surface area contributed by atoms with Crippen LogP contribution in [0.3, 0.4) is 0 Å². The van der Waals surface area contributed by atoms with Crippen LogP contribution in [0.2, 0.25) is 0 Å². The summed E-state index contributed by atoms with van der Waals surface area (Å²) >= 11 is 0. The van der Waals surface area contributed by atoms with Crippen molar-refractivity contribution in [3.63, 3.8) is 0 Å². The SMILES string of the molecule is Cn1ccnc1-c1cncc(C2CCCN2C(=O)CC#N)n1. The van der Waals surface area contributed by atoms with Crippen molar-refractivity contribution in [3.8, 4) is 17.6 Å². The minimum atomic E-state index is -0.144. The van der Waals surface area contributed by atoms with E-state index in [-0.39, 0.29) is 18.4 Å². The molecule has 7 nitrogen and oxygen atoms in total. The molecular weight excluding hydrogens is 280 g/mol. The van der Waals surface area contributed by atoms with Gasteiger partial charge in [0.25, 0.3) is 0 Å². The van der Waals surface area contributed by atoms with Crippen molar-refractivity contribution in [2.24, 2.45) is 7.05 Å². The third kappa shape index (κ3) is 2.55. The van der Waals surface area contributed by atoms with Crippen LogP contribution in [-0.4, -0.2) is 36.9 Å². The summed E-state index contributed by atoms with van der Waals surface area (Å²) in [5, 5.41) is 8.72. The van der Waals surface area contributed by atoms with Crippen LogP contribution in [0.1, 0.15) is 31.0 Å². The van der Waals surface area contributed by atoms with Crippen LogP contribution in [0, 0.1) is 11.3 Å². The lowest BCUT2D eigenvalue weighted by Crippen LogP contribution is -2.30. The molecule has 22 heavy (non-hydrogen) atoms. The lowest BCUT2D eigenvalue weighted by Gasteiger charge is -2.23. The molecule has 0 aromatic carbocycles. The third-order valence-corrected chi connectivity index (χ3v) is 3.85. The number of carbonyl (C=O) groups is 1. The third-order valence-electron chi connectivity index (χ3n) is 3.85. The van der Waals surface area contributed by atoms with Gasteiger partial charge in [-0.2, -0.15) is 5.26 Å². The first kappa shape index (κ1) is 14.2. The Labute approximate surface area is 128 Å². The fourth-order valence-corrected chi connectivity index (χ4v) is 2.80. The largest absolute Gasteiger partial charge is 0.333 e. The Kier molecular flexibility index (Phi) is 3.83. The Morgan fingerprint density at radius 1 is 1.50 bits per heavy atom. The van der Waals surface area contributed by atoms with E-state index in [0.29, 0.717) is 12.2 Å². The second-order valence-corrected chi connectivity index (χ2v) is 5.27. The van der Waals surface area contributed by atoms with E-state index >= 15 is 0 Å². The molecule has 1 fully saturated rings. The number of aromatic nitrogens is 4. The topological polar surface area (TPSA) is 87.7 Å². The van der Waals surface area contributed by atoms with Crippen LogP contribution < -0.4 is 0 Å². The summed E-state index contributed by atoms with van der Waals surface area (Å²) in [6.45, 7) is 0.666. The Balaban J connectivity index is 1.90. The molecule has 0 bridgehead atoms. The summed E-state index contributed by atoms with van der Waals surface area (Å²) in [7, 11) is 1.90. The first-order valence-corrected chi connectivity index (χ1v) is 7.16. The average Bonchev–Trinajstić information content (AvgIpc) is 3.16. The van der Waals surface area contributed by atoms with Gasteiger partial charge in [0.2, 0.25) is 5.91 Å². The first-order chi connectivity index (χ1) is 10.7. The van der Waals surface area contributed by atoms with Crippen molar-refractivity contribution in [2.45, 2.75) is 25.3 Å². The zero-order valence-corrected chi connectivity index (χ0v) is 12.3. The molecule has 0 radical (unpaired) electrons. The standard InChI is InChI=1S/C15H16N6O/c1-20-8-6-18-15(20)12-10-17-9-11(19-12)13-3-2-7-21(13)14(22)4-5-16/h6,8-10,13H,2-4,7H2,1H3. The van der Waals surface area contributed by atoms with Gasteiger partial charge in [-0.15, -0.1) is 0 Å². The van der Waals surface area contributed by atoms with E-state index in [2.05, 4.69) is 15.0 Å². The van der Waals surface area contributed by atoms with E-state index in [1.807, 2.05) is 23.9 Å². The van der Waals surface area contributed by atoms with Gasteiger partial charge in [-0.3, -0.25) is 9.78 Å². The number of likely N-dealkylation sites (tertiary alicyclic amines) is 1. The van der Waals surface area contributed by atoms with Gasteiger partial charge in [-0.25, -0.2) is 9.97 Å². The number of nitriles is 1. The molecule has 0 N–H and O–H groups in total. The molecule has 0 spiro atoms. The highest BCUT2D eigenvalue weighted by Crippen LogP contribution is 2.31. The van der Waals surface area contributed by atoms with Gasteiger partial charge in [0.1, 0.15) is 12.1 Å². The zero-order chi connectivity index (χ0) is 15.5. The maximum absolute atomic E-state index is 12.0. The van der Waals surface area contributed by atoms with Gasteiger partial charge in [0, 0.05) is 26.0 Å². The van der Waals surface area contributed by atoms with E-state index < -0.39 is 0 Å². The summed E-state index contributed by atoms with van der Waals surface area (Å²) < 4.78 is 1.88. The Morgan fingerprint density at radius 2 is 2.36 bits per heavy atom. The maximum atomic E-state index is 12.0. The minimum absolute atomic E-state index is 0.0943.